The predicted octanol–water partition coefficient (Wildman–Crippen LogP) is 1.54. The van der Waals surface area contributed by atoms with Crippen LogP contribution in [-0.4, -0.2) is 34.7 Å². The summed E-state index contributed by atoms with van der Waals surface area (Å²) in [5, 5.41) is 5.07. The lowest BCUT2D eigenvalue weighted by Crippen LogP contribution is -2.37. The Labute approximate surface area is 132 Å². The fourth-order valence-electron chi connectivity index (χ4n) is 2.70. The van der Waals surface area contributed by atoms with Crippen LogP contribution in [-0.2, 0) is 10.0 Å². The molecule has 4 rings (SSSR count). The van der Waals surface area contributed by atoms with Gasteiger partial charge in [0.2, 0.25) is 0 Å². The summed E-state index contributed by atoms with van der Waals surface area (Å²) >= 11 is 1.30. The van der Waals surface area contributed by atoms with Gasteiger partial charge in [-0.2, -0.15) is 5.10 Å². The number of rotatable bonds is 6. The van der Waals surface area contributed by atoms with Crippen molar-refractivity contribution in [2.75, 3.05) is 6.54 Å². The van der Waals surface area contributed by atoms with Crippen LogP contribution < -0.4 is 4.72 Å². The highest BCUT2D eigenvalue weighted by atomic mass is 32.2. The zero-order valence-corrected chi connectivity index (χ0v) is 13.6. The van der Waals surface area contributed by atoms with Gasteiger partial charge in [-0.1, -0.05) is 0 Å². The monoisotopic (exact) mass is 339 g/mol. The van der Waals surface area contributed by atoms with Crippen LogP contribution in [0.25, 0.3) is 0 Å². The molecule has 1 N–H and O–H groups in total. The molecule has 0 aromatic carbocycles. The maximum Gasteiger partial charge on any atom is 0.251 e. The summed E-state index contributed by atoms with van der Waals surface area (Å²) in [6, 6.07) is 0.349. The maximum absolute atomic E-state index is 12.3. The van der Waals surface area contributed by atoms with Crippen LogP contribution in [0.2, 0.25) is 0 Å². The van der Waals surface area contributed by atoms with E-state index >= 15 is 0 Å². The average Bonchev–Trinajstić information content (AvgIpc) is 2.97. The van der Waals surface area contributed by atoms with E-state index < -0.39 is 10.0 Å². The first kappa shape index (κ1) is 14.3. The number of nitrogens with zero attached hydrogens (tertiary/aromatic N) is 4. The van der Waals surface area contributed by atoms with Crippen LogP contribution >= 0.6 is 11.3 Å². The fraction of sp³-hybridized carbons (Fsp3) is 0.615. The normalized spacial score (nSPS) is 25.1. The summed E-state index contributed by atoms with van der Waals surface area (Å²) in [7, 11) is -3.42. The third-order valence-corrected chi connectivity index (χ3v) is 7.32. The van der Waals surface area contributed by atoms with E-state index in [0.717, 1.165) is 30.7 Å². The number of hydrogen-bond acceptors (Lipinski definition) is 6. The summed E-state index contributed by atoms with van der Waals surface area (Å²) in [5.74, 6) is 0.851. The Morgan fingerprint density at radius 2 is 2.18 bits per heavy atom. The molecule has 0 aliphatic heterocycles. The lowest BCUT2D eigenvalue weighted by Gasteiger charge is -2.34. The van der Waals surface area contributed by atoms with E-state index in [1.807, 2.05) is 4.68 Å². The molecule has 2 heterocycles. The van der Waals surface area contributed by atoms with Crippen LogP contribution in [0.1, 0.15) is 42.7 Å². The van der Waals surface area contributed by atoms with Gasteiger partial charge in [0.05, 0.1) is 17.2 Å². The minimum Gasteiger partial charge on any atom is -0.250 e. The summed E-state index contributed by atoms with van der Waals surface area (Å²) < 4.78 is 29.4. The van der Waals surface area contributed by atoms with Crippen molar-refractivity contribution in [3.05, 3.63) is 23.9 Å². The van der Waals surface area contributed by atoms with E-state index in [1.165, 1.54) is 23.9 Å². The van der Waals surface area contributed by atoms with Gasteiger partial charge in [0.1, 0.15) is 12.7 Å². The second-order valence-electron chi connectivity index (χ2n) is 6.01. The van der Waals surface area contributed by atoms with E-state index in [1.54, 1.807) is 6.33 Å². The highest BCUT2D eigenvalue weighted by Gasteiger charge is 2.33. The molecule has 9 heteroatoms. The second-order valence-corrected chi connectivity index (χ2v) is 9.07. The van der Waals surface area contributed by atoms with Gasteiger partial charge in [0.15, 0.2) is 4.21 Å². The van der Waals surface area contributed by atoms with Crippen LogP contribution in [0, 0.1) is 5.92 Å². The lowest BCUT2D eigenvalue weighted by atomic mass is 9.80. The first-order valence-corrected chi connectivity index (χ1v) is 9.71. The van der Waals surface area contributed by atoms with E-state index in [0.29, 0.717) is 28.6 Å². The van der Waals surface area contributed by atoms with Crippen molar-refractivity contribution in [1.82, 2.24) is 24.5 Å². The molecule has 2 aliphatic rings. The fourth-order valence-corrected chi connectivity index (χ4v) is 5.18. The van der Waals surface area contributed by atoms with Crippen molar-refractivity contribution in [1.29, 1.82) is 0 Å². The van der Waals surface area contributed by atoms with Crippen molar-refractivity contribution in [3.63, 3.8) is 0 Å². The zero-order valence-electron chi connectivity index (χ0n) is 11.9. The molecule has 0 unspecified atom stereocenters. The number of thiazole rings is 1. The highest BCUT2D eigenvalue weighted by molar-refractivity contribution is 7.91. The van der Waals surface area contributed by atoms with Gasteiger partial charge in [-0.25, -0.2) is 27.8 Å². The third-order valence-electron chi connectivity index (χ3n) is 4.28. The Morgan fingerprint density at radius 1 is 1.36 bits per heavy atom. The molecule has 0 spiro atoms. The largest absolute Gasteiger partial charge is 0.251 e. The van der Waals surface area contributed by atoms with Crippen LogP contribution in [0.3, 0.4) is 0 Å². The molecule has 7 nitrogen and oxygen atoms in total. The van der Waals surface area contributed by atoms with Crippen LogP contribution in [0.4, 0.5) is 0 Å². The van der Waals surface area contributed by atoms with Crippen molar-refractivity contribution in [2.45, 2.75) is 41.9 Å². The molecule has 22 heavy (non-hydrogen) atoms. The summed E-state index contributed by atoms with van der Waals surface area (Å²) in [6.07, 6.45) is 8.85. The Bertz CT molecular complexity index is 745. The molecule has 2 aliphatic carbocycles. The quantitative estimate of drug-likeness (QED) is 0.862. The first-order valence-electron chi connectivity index (χ1n) is 7.41. The summed E-state index contributed by atoms with van der Waals surface area (Å²) in [4.78, 5) is 8.16. The van der Waals surface area contributed by atoms with Gasteiger partial charge < -0.3 is 0 Å². The zero-order chi connectivity index (χ0) is 15.2. The Balaban J connectivity index is 1.31. The lowest BCUT2D eigenvalue weighted by molar-refractivity contribution is 0.185. The Morgan fingerprint density at radius 3 is 2.86 bits per heavy atom. The van der Waals surface area contributed by atoms with E-state index in [9.17, 15) is 8.42 Å². The molecule has 2 fully saturated rings. The first-order chi connectivity index (χ1) is 10.6. The van der Waals surface area contributed by atoms with Gasteiger partial charge in [-0.05, 0) is 31.6 Å². The molecular weight excluding hydrogens is 322 g/mol. The molecule has 0 amide bonds. The molecule has 0 bridgehead atoms. The van der Waals surface area contributed by atoms with Crippen molar-refractivity contribution in [3.8, 4) is 0 Å². The van der Waals surface area contributed by atoms with Gasteiger partial charge >= 0.3 is 0 Å². The van der Waals surface area contributed by atoms with E-state index in [4.69, 9.17) is 0 Å². The van der Waals surface area contributed by atoms with Crippen molar-refractivity contribution in [2.24, 2.45) is 5.92 Å². The Kier molecular flexibility index (Phi) is 3.50. The standard InChI is InChI=1S/C13H17N5O2S2/c19-22(20,12-6-15-13(21-12)10-1-2-10)17-5-9-3-11(4-9)18-8-14-7-16-18/h6-11,17H,1-5H2. The predicted molar refractivity (Wildman–Crippen MR) is 81.1 cm³/mol. The number of aromatic nitrogens is 4. The van der Waals surface area contributed by atoms with Gasteiger partial charge in [0.25, 0.3) is 10.0 Å². The minimum atomic E-state index is -3.42. The van der Waals surface area contributed by atoms with E-state index in [2.05, 4.69) is 19.8 Å². The molecule has 0 saturated heterocycles. The molecule has 2 aromatic rings. The third kappa shape index (κ3) is 2.80. The van der Waals surface area contributed by atoms with Crippen LogP contribution in [0.15, 0.2) is 23.1 Å². The number of sulfonamides is 1. The number of hydrogen-bond donors (Lipinski definition) is 1. The summed E-state index contributed by atoms with van der Waals surface area (Å²) in [5.41, 5.74) is 0. The molecule has 0 radical (unpaired) electrons. The van der Waals surface area contributed by atoms with E-state index in [-0.39, 0.29) is 0 Å². The van der Waals surface area contributed by atoms with Crippen molar-refractivity contribution < 1.29 is 8.42 Å². The SMILES string of the molecule is O=S(=O)(NCC1CC(n2cncn2)C1)c1cnc(C2CC2)s1. The van der Waals surface area contributed by atoms with Crippen LogP contribution in [0.5, 0.6) is 0 Å². The molecule has 2 saturated carbocycles. The van der Waals surface area contributed by atoms with Gasteiger partial charge in [-0.15, -0.1) is 11.3 Å². The van der Waals surface area contributed by atoms with Gasteiger partial charge in [-0.3, -0.25) is 0 Å². The minimum absolute atomic E-state index is 0.335. The summed E-state index contributed by atoms with van der Waals surface area (Å²) in [6.45, 7) is 0.476. The molecule has 0 atom stereocenters. The second kappa shape index (κ2) is 5.39. The maximum atomic E-state index is 12.3. The Hall–Kier alpha value is -1.32. The topological polar surface area (TPSA) is 89.8 Å². The van der Waals surface area contributed by atoms with Gasteiger partial charge in [0, 0.05) is 12.5 Å². The molecule has 118 valence electrons. The molecule has 2 aromatic heterocycles. The highest BCUT2D eigenvalue weighted by Crippen LogP contribution is 2.42. The number of nitrogens with one attached hydrogen (secondary N) is 1. The smallest absolute Gasteiger partial charge is 0.250 e. The molecular formula is C13H17N5O2S2. The van der Waals surface area contributed by atoms with Crippen molar-refractivity contribution >= 4 is 21.4 Å². The average molecular weight is 339 g/mol.